The van der Waals surface area contributed by atoms with Crippen molar-refractivity contribution in [1.29, 1.82) is 5.41 Å². The number of Topliss-reactive ketones (excluding diaryl/α,β-unsaturated/α-hetero) is 1. The fraction of sp³-hybridized carbons (Fsp3) is 0.0870. The van der Waals surface area contributed by atoms with Gasteiger partial charge in [0.15, 0.2) is 5.78 Å². The maximum Gasteiger partial charge on any atom is 0.244 e. The van der Waals surface area contributed by atoms with Crippen LogP contribution in [0.5, 0.6) is 0 Å². The molecule has 0 unspecified atom stereocenters. The molecule has 0 bridgehead atoms. The summed E-state index contributed by atoms with van der Waals surface area (Å²) >= 11 is 0. The predicted octanol–water partition coefficient (Wildman–Crippen LogP) is 3.44. The number of nitrogens with one attached hydrogen (secondary N) is 2. The molecule has 4 rings (SSSR count). The predicted molar refractivity (Wildman–Crippen MR) is 112 cm³/mol. The number of fused-ring (bicyclic) bond motifs is 1. The standard InChI is InChI=1S/C23H20N4O2/c24-23-26(15-21(28)17-9-3-1-4-10-17)19-13-7-8-14-20(19)27(23)16-22(29)25-18-11-5-2-6-12-18/h1-14,24H,15-16H2,(H,25,29). The Labute approximate surface area is 167 Å². The van der Waals surface area contributed by atoms with Gasteiger partial charge in [-0.3, -0.25) is 15.0 Å². The van der Waals surface area contributed by atoms with Crippen LogP contribution in [0.2, 0.25) is 0 Å². The summed E-state index contributed by atoms with van der Waals surface area (Å²) < 4.78 is 3.26. The van der Waals surface area contributed by atoms with Crippen molar-refractivity contribution in [3.05, 3.63) is 96.1 Å². The number of rotatable bonds is 6. The van der Waals surface area contributed by atoms with Crippen LogP contribution in [0, 0.1) is 5.41 Å². The molecule has 1 heterocycles. The first kappa shape index (κ1) is 18.4. The number of hydrogen-bond acceptors (Lipinski definition) is 3. The monoisotopic (exact) mass is 384 g/mol. The van der Waals surface area contributed by atoms with Crippen LogP contribution >= 0.6 is 0 Å². The lowest BCUT2D eigenvalue weighted by Crippen LogP contribution is -2.31. The molecule has 0 atom stereocenters. The zero-order valence-electron chi connectivity index (χ0n) is 15.7. The number of amides is 1. The number of anilines is 1. The maximum absolute atomic E-state index is 12.7. The molecule has 0 saturated carbocycles. The van der Waals surface area contributed by atoms with Gasteiger partial charge in [-0.25, -0.2) is 0 Å². The van der Waals surface area contributed by atoms with E-state index in [0.717, 1.165) is 11.0 Å². The number of carbonyl (C=O) groups is 2. The van der Waals surface area contributed by atoms with Gasteiger partial charge in [0.25, 0.3) is 0 Å². The Hall–Kier alpha value is -3.93. The summed E-state index contributed by atoms with van der Waals surface area (Å²) in [5, 5.41) is 11.4. The molecule has 0 aliphatic heterocycles. The number of hydrogen-bond donors (Lipinski definition) is 2. The SMILES string of the molecule is N=c1n(CC(=O)Nc2ccccc2)c2ccccc2n1CC(=O)c1ccccc1. The van der Waals surface area contributed by atoms with E-state index in [2.05, 4.69) is 5.32 Å². The van der Waals surface area contributed by atoms with Gasteiger partial charge in [-0.2, -0.15) is 0 Å². The summed E-state index contributed by atoms with van der Waals surface area (Å²) in [6, 6.07) is 25.6. The van der Waals surface area contributed by atoms with Crippen LogP contribution in [0.15, 0.2) is 84.9 Å². The van der Waals surface area contributed by atoms with Gasteiger partial charge in [0, 0.05) is 11.3 Å². The quantitative estimate of drug-likeness (QED) is 0.500. The number of para-hydroxylation sites is 3. The van der Waals surface area contributed by atoms with Gasteiger partial charge in [0.2, 0.25) is 11.5 Å². The summed E-state index contributed by atoms with van der Waals surface area (Å²) in [7, 11) is 0. The lowest BCUT2D eigenvalue weighted by Gasteiger charge is -2.07. The smallest absolute Gasteiger partial charge is 0.244 e. The summed E-state index contributed by atoms with van der Waals surface area (Å²) in [5.74, 6) is -0.312. The molecular weight excluding hydrogens is 364 g/mol. The Morgan fingerprint density at radius 2 is 1.24 bits per heavy atom. The van der Waals surface area contributed by atoms with Crippen molar-refractivity contribution < 1.29 is 9.59 Å². The van der Waals surface area contributed by atoms with Crippen molar-refractivity contribution in [3.63, 3.8) is 0 Å². The topological polar surface area (TPSA) is 79.9 Å². The van der Waals surface area contributed by atoms with Crippen molar-refractivity contribution in [2.75, 3.05) is 5.32 Å². The van der Waals surface area contributed by atoms with Crippen molar-refractivity contribution in [2.24, 2.45) is 0 Å². The molecule has 0 saturated heterocycles. The van der Waals surface area contributed by atoms with Gasteiger partial charge in [0.05, 0.1) is 17.6 Å². The zero-order chi connectivity index (χ0) is 20.2. The summed E-state index contributed by atoms with van der Waals surface area (Å²) in [6.45, 7) is 0.0252. The molecule has 1 aromatic heterocycles. The Balaban J connectivity index is 1.65. The van der Waals surface area contributed by atoms with Crippen LogP contribution in [0.1, 0.15) is 10.4 Å². The van der Waals surface area contributed by atoms with Crippen LogP contribution < -0.4 is 10.9 Å². The molecule has 6 nitrogen and oxygen atoms in total. The van der Waals surface area contributed by atoms with Crippen LogP contribution in [-0.2, 0) is 17.9 Å². The molecule has 0 radical (unpaired) electrons. The van der Waals surface area contributed by atoms with Crippen LogP contribution in [-0.4, -0.2) is 20.8 Å². The zero-order valence-corrected chi connectivity index (χ0v) is 15.7. The van der Waals surface area contributed by atoms with Gasteiger partial charge in [0.1, 0.15) is 6.54 Å². The molecule has 0 aliphatic rings. The van der Waals surface area contributed by atoms with Crippen molar-refractivity contribution in [2.45, 2.75) is 13.1 Å². The summed E-state index contributed by atoms with van der Waals surface area (Å²) in [4.78, 5) is 25.2. The second-order valence-corrected chi connectivity index (χ2v) is 6.69. The third kappa shape index (κ3) is 3.87. The normalized spacial score (nSPS) is 10.8. The number of benzene rings is 3. The minimum atomic E-state index is -0.230. The molecule has 29 heavy (non-hydrogen) atoms. The van der Waals surface area contributed by atoms with E-state index in [4.69, 9.17) is 5.41 Å². The first-order chi connectivity index (χ1) is 14.1. The summed E-state index contributed by atoms with van der Waals surface area (Å²) in [6.07, 6.45) is 0. The Morgan fingerprint density at radius 3 is 1.86 bits per heavy atom. The molecular formula is C23H20N4O2. The Bertz CT molecular complexity index is 1220. The van der Waals surface area contributed by atoms with Crippen molar-refractivity contribution in [1.82, 2.24) is 9.13 Å². The largest absolute Gasteiger partial charge is 0.325 e. The van der Waals surface area contributed by atoms with Crippen LogP contribution in [0.3, 0.4) is 0 Å². The van der Waals surface area contributed by atoms with E-state index < -0.39 is 0 Å². The number of nitrogens with zero attached hydrogens (tertiary/aromatic N) is 2. The molecule has 2 N–H and O–H groups in total. The van der Waals surface area contributed by atoms with E-state index in [9.17, 15) is 9.59 Å². The minimum Gasteiger partial charge on any atom is -0.325 e. The van der Waals surface area contributed by atoms with E-state index in [-0.39, 0.29) is 30.4 Å². The highest BCUT2D eigenvalue weighted by atomic mass is 16.2. The van der Waals surface area contributed by atoms with Gasteiger partial charge in [-0.1, -0.05) is 60.7 Å². The average molecular weight is 384 g/mol. The Kier molecular flexibility index (Phi) is 5.07. The summed E-state index contributed by atoms with van der Waals surface area (Å²) in [5.41, 5.74) is 2.89. The van der Waals surface area contributed by atoms with E-state index >= 15 is 0 Å². The molecule has 1 amide bonds. The fourth-order valence-electron chi connectivity index (χ4n) is 3.34. The van der Waals surface area contributed by atoms with Gasteiger partial charge in [-0.15, -0.1) is 0 Å². The van der Waals surface area contributed by atoms with Crippen molar-refractivity contribution in [3.8, 4) is 0 Å². The average Bonchev–Trinajstić information content (AvgIpc) is 3.01. The fourth-order valence-corrected chi connectivity index (χ4v) is 3.34. The molecule has 4 aromatic rings. The third-order valence-corrected chi connectivity index (χ3v) is 4.73. The highest BCUT2D eigenvalue weighted by Crippen LogP contribution is 2.14. The number of aromatic nitrogens is 2. The molecule has 0 aliphatic carbocycles. The second kappa shape index (κ2) is 7.98. The van der Waals surface area contributed by atoms with E-state index in [1.807, 2.05) is 72.8 Å². The maximum atomic E-state index is 12.7. The second-order valence-electron chi connectivity index (χ2n) is 6.69. The van der Waals surface area contributed by atoms with Crippen molar-refractivity contribution >= 4 is 28.4 Å². The Morgan fingerprint density at radius 1 is 0.724 bits per heavy atom. The lowest BCUT2D eigenvalue weighted by molar-refractivity contribution is -0.116. The first-order valence-corrected chi connectivity index (χ1v) is 9.29. The lowest BCUT2D eigenvalue weighted by atomic mass is 10.1. The molecule has 0 fully saturated rings. The van der Waals surface area contributed by atoms with Gasteiger partial charge < -0.3 is 14.5 Å². The van der Waals surface area contributed by atoms with E-state index in [1.165, 1.54) is 0 Å². The molecule has 3 aromatic carbocycles. The highest BCUT2D eigenvalue weighted by Gasteiger charge is 2.16. The first-order valence-electron chi connectivity index (χ1n) is 9.29. The molecule has 0 spiro atoms. The number of imidazole rings is 1. The molecule has 144 valence electrons. The van der Waals surface area contributed by atoms with E-state index in [1.54, 1.807) is 21.3 Å². The molecule has 6 heteroatoms. The van der Waals surface area contributed by atoms with E-state index in [0.29, 0.717) is 11.3 Å². The third-order valence-electron chi connectivity index (χ3n) is 4.73. The van der Waals surface area contributed by atoms with Crippen LogP contribution in [0.25, 0.3) is 11.0 Å². The number of carbonyl (C=O) groups excluding carboxylic acids is 2. The highest BCUT2D eigenvalue weighted by molar-refractivity contribution is 5.97. The van der Waals surface area contributed by atoms with Crippen LogP contribution in [0.4, 0.5) is 5.69 Å². The van der Waals surface area contributed by atoms with Gasteiger partial charge in [-0.05, 0) is 24.3 Å². The van der Waals surface area contributed by atoms with Gasteiger partial charge >= 0.3 is 0 Å². The number of ketones is 1. The minimum absolute atomic E-state index is 0.0131.